The molecule has 0 aliphatic carbocycles. The number of unbranched alkanes of at least 4 members (excludes halogenated alkanes) is 4. The fourth-order valence-corrected chi connectivity index (χ4v) is 2.91. The van der Waals surface area contributed by atoms with Crippen molar-refractivity contribution in [3.8, 4) is 0 Å². The lowest BCUT2D eigenvalue weighted by Crippen LogP contribution is -2.20. The van der Waals surface area contributed by atoms with E-state index in [9.17, 15) is 0 Å². The van der Waals surface area contributed by atoms with Crippen LogP contribution < -0.4 is 5.32 Å². The van der Waals surface area contributed by atoms with E-state index in [1.165, 1.54) is 44.2 Å². The fraction of sp³-hybridized carbons (Fsp3) is 0.786. The third-order valence-corrected chi connectivity index (χ3v) is 4.02. The van der Waals surface area contributed by atoms with E-state index >= 15 is 0 Å². The van der Waals surface area contributed by atoms with Crippen LogP contribution in [0.5, 0.6) is 0 Å². The van der Waals surface area contributed by atoms with Gasteiger partial charge in [-0.3, -0.25) is 4.68 Å². The molecule has 1 rings (SSSR count). The highest BCUT2D eigenvalue weighted by atomic mass is 79.9. The van der Waals surface area contributed by atoms with Crippen molar-refractivity contribution < 1.29 is 0 Å². The van der Waals surface area contributed by atoms with Gasteiger partial charge in [0.1, 0.15) is 0 Å². The molecule has 0 aliphatic heterocycles. The molecule has 0 amide bonds. The first-order chi connectivity index (χ1) is 8.74. The van der Waals surface area contributed by atoms with Gasteiger partial charge in [0.25, 0.3) is 0 Å². The standard InChI is InChI=1S/C14H26BrN3/c1-4-6-7-8-9-10-13(16-3)14-12(15)11-17-18(14)5-2/h11,13,16H,4-10H2,1-3H3. The molecule has 1 atom stereocenters. The minimum atomic E-state index is 0.406. The molecule has 4 heteroatoms. The summed E-state index contributed by atoms with van der Waals surface area (Å²) < 4.78 is 3.20. The highest BCUT2D eigenvalue weighted by Gasteiger charge is 2.17. The van der Waals surface area contributed by atoms with E-state index in [0.29, 0.717) is 6.04 Å². The SMILES string of the molecule is CCCCCCCC(NC)c1c(Br)cnn1CC. The molecule has 18 heavy (non-hydrogen) atoms. The van der Waals surface area contributed by atoms with Gasteiger partial charge in [-0.05, 0) is 36.3 Å². The molecule has 0 radical (unpaired) electrons. The van der Waals surface area contributed by atoms with Crippen molar-refractivity contribution in [2.24, 2.45) is 0 Å². The van der Waals surface area contributed by atoms with Crippen LogP contribution in [-0.2, 0) is 6.54 Å². The van der Waals surface area contributed by atoms with Crippen molar-refractivity contribution >= 4 is 15.9 Å². The first kappa shape index (κ1) is 15.7. The summed E-state index contributed by atoms with van der Waals surface area (Å²) in [5, 5.41) is 7.81. The fourth-order valence-electron chi connectivity index (χ4n) is 2.34. The Balaban J connectivity index is 2.52. The largest absolute Gasteiger partial charge is 0.312 e. The van der Waals surface area contributed by atoms with Crippen molar-refractivity contribution in [2.45, 2.75) is 65.0 Å². The van der Waals surface area contributed by atoms with Gasteiger partial charge in [0.2, 0.25) is 0 Å². The molecule has 0 bridgehead atoms. The molecule has 1 unspecified atom stereocenters. The predicted octanol–water partition coefficient (Wildman–Crippen LogP) is 4.29. The van der Waals surface area contributed by atoms with E-state index in [-0.39, 0.29) is 0 Å². The number of hydrogen-bond acceptors (Lipinski definition) is 2. The monoisotopic (exact) mass is 315 g/mol. The van der Waals surface area contributed by atoms with Gasteiger partial charge in [0, 0.05) is 6.54 Å². The molecule has 0 aliphatic rings. The Hall–Kier alpha value is -0.350. The topological polar surface area (TPSA) is 29.9 Å². The molecular weight excluding hydrogens is 290 g/mol. The van der Waals surface area contributed by atoms with Crippen molar-refractivity contribution in [3.05, 3.63) is 16.4 Å². The van der Waals surface area contributed by atoms with Gasteiger partial charge < -0.3 is 5.32 Å². The van der Waals surface area contributed by atoms with Crippen molar-refractivity contribution in [2.75, 3.05) is 7.05 Å². The summed E-state index contributed by atoms with van der Waals surface area (Å²) in [6.07, 6.45) is 9.74. The zero-order valence-electron chi connectivity index (χ0n) is 11.9. The summed E-state index contributed by atoms with van der Waals surface area (Å²) in [7, 11) is 2.04. The van der Waals surface area contributed by atoms with Crippen LogP contribution in [-0.4, -0.2) is 16.8 Å². The number of nitrogens with zero attached hydrogens (tertiary/aromatic N) is 2. The van der Waals surface area contributed by atoms with Gasteiger partial charge in [0.15, 0.2) is 0 Å². The van der Waals surface area contributed by atoms with Crippen LogP contribution in [0.1, 0.15) is 64.1 Å². The maximum atomic E-state index is 4.39. The third kappa shape index (κ3) is 4.39. The van der Waals surface area contributed by atoms with Gasteiger partial charge >= 0.3 is 0 Å². The van der Waals surface area contributed by atoms with E-state index in [1.54, 1.807) is 0 Å². The van der Waals surface area contributed by atoms with Crippen molar-refractivity contribution in [1.29, 1.82) is 0 Å². The molecule has 0 aromatic carbocycles. The third-order valence-electron chi connectivity index (χ3n) is 3.41. The Kier molecular flexibility index (Phi) is 7.59. The van der Waals surface area contributed by atoms with E-state index in [4.69, 9.17) is 0 Å². The van der Waals surface area contributed by atoms with E-state index in [2.05, 4.69) is 44.9 Å². The zero-order chi connectivity index (χ0) is 13.4. The molecule has 1 heterocycles. The maximum Gasteiger partial charge on any atom is 0.0695 e. The normalized spacial score (nSPS) is 12.9. The quantitative estimate of drug-likeness (QED) is 0.689. The van der Waals surface area contributed by atoms with Crippen LogP contribution in [0.3, 0.4) is 0 Å². The van der Waals surface area contributed by atoms with Crippen LogP contribution in [0.2, 0.25) is 0 Å². The van der Waals surface area contributed by atoms with E-state index in [0.717, 1.165) is 11.0 Å². The first-order valence-corrected chi connectivity index (χ1v) is 7.92. The van der Waals surface area contributed by atoms with E-state index in [1.807, 2.05) is 13.2 Å². The number of aryl methyl sites for hydroxylation is 1. The Bertz CT molecular complexity index is 336. The molecule has 0 saturated carbocycles. The van der Waals surface area contributed by atoms with Gasteiger partial charge in [-0.15, -0.1) is 0 Å². The zero-order valence-corrected chi connectivity index (χ0v) is 13.5. The molecule has 0 spiro atoms. The van der Waals surface area contributed by atoms with Crippen LogP contribution in [0, 0.1) is 0 Å². The molecule has 1 N–H and O–H groups in total. The molecule has 0 saturated heterocycles. The average Bonchev–Trinajstić information content (AvgIpc) is 2.75. The highest BCUT2D eigenvalue weighted by molar-refractivity contribution is 9.10. The summed E-state index contributed by atoms with van der Waals surface area (Å²) in [4.78, 5) is 0. The van der Waals surface area contributed by atoms with Crippen LogP contribution >= 0.6 is 15.9 Å². The molecule has 104 valence electrons. The van der Waals surface area contributed by atoms with E-state index < -0.39 is 0 Å². The second-order valence-corrected chi connectivity index (χ2v) is 5.59. The Labute approximate surface area is 119 Å². The van der Waals surface area contributed by atoms with Gasteiger partial charge in [-0.2, -0.15) is 5.10 Å². The van der Waals surface area contributed by atoms with Crippen molar-refractivity contribution in [1.82, 2.24) is 15.1 Å². The molecule has 0 fully saturated rings. The highest BCUT2D eigenvalue weighted by Crippen LogP contribution is 2.27. The minimum Gasteiger partial charge on any atom is -0.312 e. The second kappa shape index (κ2) is 8.70. The van der Waals surface area contributed by atoms with Crippen molar-refractivity contribution in [3.63, 3.8) is 0 Å². The molecule has 1 aromatic rings. The van der Waals surface area contributed by atoms with Crippen LogP contribution in [0.25, 0.3) is 0 Å². The summed E-state index contributed by atoms with van der Waals surface area (Å²) in [6, 6.07) is 0.406. The van der Waals surface area contributed by atoms with Gasteiger partial charge in [-0.1, -0.05) is 39.0 Å². The van der Waals surface area contributed by atoms with Gasteiger partial charge in [-0.25, -0.2) is 0 Å². The maximum absolute atomic E-state index is 4.39. The number of aromatic nitrogens is 2. The Morgan fingerprint density at radius 3 is 2.61 bits per heavy atom. The summed E-state index contributed by atoms with van der Waals surface area (Å²) in [6.45, 7) is 5.32. The molecule has 1 aromatic heterocycles. The number of hydrogen-bond donors (Lipinski definition) is 1. The lowest BCUT2D eigenvalue weighted by atomic mass is 10.0. The summed E-state index contributed by atoms with van der Waals surface area (Å²) >= 11 is 3.61. The lowest BCUT2D eigenvalue weighted by molar-refractivity contribution is 0.460. The lowest BCUT2D eigenvalue weighted by Gasteiger charge is -2.18. The number of halogens is 1. The predicted molar refractivity (Wildman–Crippen MR) is 80.8 cm³/mol. The number of nitrogens with one attached hydrogen (secondary N) is 1. The smallest absolute Gasteiger partial charge is 0.0695 e. The first-order valence-electron chi connectivity index (χ1n) is 7.13. The molecular formula is C14H26BrN3. The number of rotatable bonds is 9. The second-order valence-electron chi connectivity index (χ2n) is 4.74. The van der Waals surface area contributed by atoms with Gasteiger partial charge in [0.05, 0.1) is 22.4 Å². The summed E-state index contributed by atoms with van der Waals surface area (Å²) in [5.74, 6) is 0. The molecule has 3 nitrogen and oxygen atoms in total. The summed E-state index contributed by atoms with van der Waals surface area (Å²) in [5.41, 5.74) is 1.29. The Morgan fingerprint density at radius 2 is 2.00 bits per heavy atom. The van der Waals surface area contributed by atoms with Crippen LogP contribution in [0.15, 0.2) is 10.7 Å². The van der Waals surface area contributed by atoms with Crippen LogP contribution in [0.4, 0.5) is 0 Å². The average molecular weight is 316 g/mol. The minimum absolute atomic E-state index is 0.406. The Morgan fingerprint density at radius 1 is 1.28 bits per heavy atom.